The van der Waals surface area contributed by atoms with E-state index in [9.17, 15) is 4.79 Å². The number of carbonyl (C=O) groups is 1. The van der Waals surface area contributed by atoms with Crippen LogP contribution in [-0.4, -0.2) is 5.91 Å². The molecule has 0 bridgehead atoms. The molecule has 4 nitrogen and oxygen atoms in total. The van der Waals surface area contributed by atoms with Gasteiger partial charge in [0.25, 0.3) is 0 Å². The summed E-state index contributed by atoms with van der Waals surface area (Å²) in [5.74, 6) is 0.683. The summed E-state index contributed by atoms with van der Waals surface area (Å²) in [6.07, 6.45) is 0. The normalized spacial score (nSPS) is 10.0. The monoisotopic (exact) mass is 276 g/mol. The number of rotatable bonds is 3. The van der Waals surface area contributed by atoms with Crippen molar-refractivity contribution >= 4 is 28.9 Å². The van der Waals surface area contributed by atoms with Crippen LogP contribution < -0.4 is 15.8 Å². The number of nitrogens with two attached hydrogens (primary N) is 1. The second-order valence-corrected chi connectivity index (χ2v) is 4.34. The van der Waals surface area contributed by atoms with E-state index in [4.69, 9.17) is 22.1 Å². The van der Waals surface area contributed by atoms with E-state index >= 15 is 0 Å². The van der Waals surface area contributed by atoms with Crippen LogP contribution in [0.15, 0.2) is 42.5 Å². The van der Waals surface area contributed by atoms with Crippen molar-refractivity contribution in [3.05, 3.63) is 47.5 Å². The second-order valence-electron chi connectivity index (χ2n) is 3.94. The maximum Gasteiger partial charge on any atom is 0.221 e. The fourth-order valence-corrected chi connectivity index (χ4v) is 1.81. The Hall–Kier alpha value is -2.20. The van der Waals surface area contributed by atoms with E-state index in [1.165, 1.54) is 6.92 Å². The van der Waals surface area contributed by atoms with E-state index in [1.807, 2.05) is 0 Å². The molecule has 0 heterocycles. The number of carbonyl (C=O) groups excluding carboxylic acids is 1. The summed E-state index contributed by atoms with van der Waals surface area (Å²) in [5.41, 5.74) is 6.82. The van der Waals surface area contributed by atoms with Gasteiger partial charge in [0.2, 0.25) is 5.91 Å². The van der Waals surface area contributed by atoms with Gasteiger partial charge in [-0.2, -0.15) is 0 Å². The minimum Gasteiger partial charge on any atom is -0.451 e. The molecule has 0 saturated heterocycles. The van der Waals surface area contributed by atoms with Crippen molar-refractivity contribution in [2.45, 2.75) is 6.92 Å². The number of nitrogen functional groups attached to an aromatic ring is 1. The highest BCUT2D eigenvalue weighted by Gasteiger charge is 2.10. The van der Waals surface area contributed by atoms with Gasteiger partial charge in [-0.15, -0.1) is 0 Å². The van der Waals surface area contributed by atoms with Gasteiger partial charge in [-0.1, -0.05) is 29.8 Å². The predicted octanol–water partition coefficient (Wildman–Crippen LogP) is 3.67. The molecule has 0 unspecified atom stereocenters. The standard InChI is InChI=1S/C14H13ClN2O2/c1-9(18)17-12-7-2-3-8-13(12)19-14-10(15)5-4-6-11(14)16/h2-8H,16H2,1H3,(H,17,18). The van der Waals surface area contributed by atoms with E-state index in [2.05, 4.69) is 5.32 Å². The van der Waals surface area contributed by atoms with Gasteiger partial charge in [-0.05, 0) is 24.3 Å². The van der Waals surface area contributed by atoms with Crippen molar-refractivity contribution in [3.8, 4) is 11.5 Å². The fourth-order valence-electron chi connectivity index (χ4n) is 1.59. The van der Waals surface area contributed by atoms with Crippen LogP contribution in [0, 0.1) is 0 Å². The van der Waals surface area contributed by atoms with Gasteiger partial charge < -0.3 is 15.8 Å². The number of amides is 1. The molecular weight excluding hydrogens is 264 g/mol. The number of nitrogens with one attached hydrogen (secondary N) is 1. The first-order valence-corrected chi connectivity index (χ1v) is 6.04. The van der Waals surface area contributed by atoms with Gasteiger partial charge in [0.05, 0.1) is 16.4 Å². The lowest BCUT2D eigenvalue weighted by atomic mass is 10.2. The first kappa shape index (κ1) is 13.2. The molecule has 2 aromatic rings. The van der Waals surface area contributed by atoms with Gasteiger partial charge >= 0.3 is 0 Å². The summed E-state index contributed by atoms with van der Waals surface area (Å²) in [5, 5.41) is 3.10. The number of hydrogen-bond acceptors (Lipinski definition) is 3. The Labute approximate surface area is 116 Å². The van der Waals surface area contributed by atoms with Gasteiger partial charge in [0.15, 0.2) is 11.5 Å². The molecule has 1 amide bonds. The number of ether oxygens (including phenoxy) is 1. The van der Waals surface area contributed by atoms with Crippen molar-refractivity contribution in [2.75, 3.05) is 11.1 Å². The third-order valence-electron chi connectivity index (χ3n) is 2.41. The molecule has 0 aliphatic rings. The number of benzene rings is 2. The van der Waals surface area contributed by atoms with Crippen molar-refractivity contribution in [3.63, 3.8) is 0 Å². The summed E-state index contributed by atoms with van der Waals surface area (Å²) in [6.45, 7) is 1.43. The van der Waals surface area contributed by atoms with Crippen LogP contribution >= 0.6 is 11.6 Å². The van der Waals surface area contributed by atoms with Crippen LogP contribution in [0.25, 0.3) is 0 Å². The van der Waals surface area contributed by atoms with Crippen LogP contribution in [0.2, 0.25) is 5.02 Å². The molecule has 2 aromatic carbocycles. The van der Waals surface area contributed by atoms with E-state index in [0.717, 1.165) is 0 Å². The van der Waals surface area contributed by atoms with Crippen molar-refractivity contribution in [1.29, 1.82) is 0 Å². The highest BCUT2D eigenvalue weighted by molar-refractivity contribution is 6.32. The summed E-state index contributed by atoms with van der Waals surface area (Å²) in [6, 6.07) is 12.2. The van der Waals surface area contributed by atoms with Gasteiger partial charge in [-0.3, -0.25) is 4.79 Å². The molecule has 0 aromatic heterocycles. The van der Waals surface area contributed by atoms with Crippen LogP contribution in [0.3, 0.4) is 0 Å². The minimum atomic E-state index is -0.178. The van der Waals surface area contributed by atoms with Crippen LogP contribution in [0.1, 0.15) is 6.92 Å². The van der Waals surface area contributed by atoms with Gasteiger partial charge in [-0.25, -0.2) is 0 Å². The molecule has 0 aliphatic carbocycles. The molecule has 2 rings (SSSR count). The molecule has 0 atom stereocenters. The molecule has 0 radical (unpaired) electrons. The largest absolute Gasteiger partial charge is 0.451 e. The zero-order valence-electron chi connectivity index (χ0n) is 10.3. The van der Waals surface area contributed by atoms with Crippen molar-refractivity contribution in [2.24, 2.45) is 0 Å². The predicted molar refractivity (Wildman–Crippen MR) is 76.7 cm³/mol. The number of para-hydroxylation sites is 3. The topological polar surface area (TPSA) is 64.3 Å². The Morgan fingerprint density at radius 2 is 1.95 bits per heavy atom. The molecule has 5 heteroatoms. The first-order valence-electron chi connectivity index (χ1n) is 5.66. The Balaban J connectivity index is 2.36. The zero-order valence-corrected chi connectivity index (χ0v) is 11.1. The Kier molecular flexibility index (Phi) is 3.92. The Morgan fingerprint density at radius 3 is 2.63 bits per heavy atom. The Morgan fingerprint density at radius 1 is 1.21 bits per heavy atom. The Bertz CT molecular complexity index is 594. The molecular formula is C14H13ClN2O2. The van der Waals surface area contributed by atoms with Crippen LogP contribution in [-0.2, 0) is 4.79 Å². The third kappa shape index (κ3) is 3.17. The molecule has 0 saturated carbocycles. The maximum atomic E-state index is 11.1. The van der Waals surface area contributed by atoms with Gasteiger partial charge in [0.1, 0.15) is 0 Å². The second kappa shape index (κ2) is 5.63. The van der Waals surface area contributed by atoms with E-state index < -0.39 is 0 Å². The molecule has 98 valence electrons. The molecule has 19 heavy (non-hydrogen) atoms. The number of anilines is 2. The lowest BCUT2D eigenvalue weighted by molar-refractivity contribution is -0.114. The summed E-state index contributed by atoms with van der Waals surface area (Å²) in [4.78, 5) is 11.1. The lowest BCUT2D eigenvalue weighted by Gasteiger charge is -2.13. The first-order chi connectivity index (χ1) is 9.08. The summed E-state index contributed by atoms with van der Waals surface area (Å²) in [7, 11) is 0. The van der Waals surface area contributed by atoms with E-state index in [-0.39, 0.29) is 5.91 Å². The number of hydrogen-bond donors (Lipinski definition) is 2. The highest BCUT2D eigenvalue weighted by atomic mass is 35.5. The zero-order chi connectivity index (χ0) is 13.8. The van der Waals surface area contributed by atoms with Crippen LogP contribution in [0.4, 0.5) is 11.4 Å². The van der Waals surface area contributed by atoms with Crippen LogP contribution in [0.5, 0.6) is 11.5 Å². The minimum absolute atomic E-state index is 0.178. The quantitative estimate of drug-likeness (QED) is 0.841. The SMILES string of the molecule is CC(=O)Nc1ccccc1Oc1c(N)cccc1Cl. The summed E-state index contributed by atoms with van der Waals surface area (Å²) >= 11 is 6.05. The molecule has 0 aliphatic heterocycles. The molecule has 0 spiro atoms. The number of halogens is 1. The van der Waals surface area contributed by atoms with E-state index in [0.29, 0.717) is 27.9 Å². The molecule has 3 N–H and O–H groups in total. The average Bonchev–Trinajstić information content (AvgIpc) is 2.35. The van der Waals surface area contributed by atoms with Crippen molar-refractivity contribution in [1.82, 2.24) is 0 Å². The van der Waals surface area contributed by atoms with E-state index in [1.54, 1.807) is 42.5 Å². The maximum absolute atomic E-state index is 11.1. The smallest absolute Gasteiger partial charge is 0.221 e. The fraction of sp³-hybridized carbons (Fsp3) is 0.0714. The third-order valence-corrected chi connectivity index (χ3v) is 2.70. The molecule has 0 fully saturated rings. The highest BCUT2D eigenvalue weighted by Crippen LogP contribution is 2.37. The summed E-state index contributed by atoms with van der Waals surface area (Å²) < 4.78 is 5.70. The lowest BCUT2D eigenvalue weighted by Crippen LogP contribution is -2.07. The van der Waals surface area contributed by atoms with Gasteiger partial charge in [0, 0.05) is 6.92 Å². The van der Waals surface area contributed by atoms with Crippen molar-refractivity contribution < 1.29 is 9.53 Å². The average molecular weight is 277 g/mol.